The summed E-state index contributed by atoms with van der Waals surface area (Å²) < 4.78 is 16.0. The zero-order valence-electron chi connectivity index (χ0n) is 18.3. The van der Waals surface area contributed by atoms with Crippen molar-refractivity contribution in [3.63, 3.8) is 0 Å². The van der Waals surface area contributed by atoms with Gasteiger partial charge in [0.1, 0.15) is 17.6 Å². The van der Waals surface area contributed by atoms with Gasteiger partial charge < -0.3 is 20.1 Å². The number of nitrogens with one attached hydrogen (secondary N) is 1. The SMILES string of the molecule is CCC(C(=O)O)n1c2c(c3cc(F)cc(Cl)c31)C[C@@H](NC(=O)CCc1cccc(O)c1)CC2. The van der Waals surface area contributed by atoms with Gasteiger partial charge in [0, 0.05) is 23.5 Å². The number of carboxylic acid groups (broad SMARTS) is 1. The molecule has 0 radical (unpaired) electrons. The fourth-order valence-electron chi connectivity index (χ4n) is 4.84. The zero-order valence-corrected chi connectivity index (χ0v) is 19.0. The number of hydrogen-bond donors (Lipinski definition) is 3. The van der Waals surface area contributed by atoms with E-state index in [4.69, 9.17) is 11.6 Å². The number of benzene rings is 2. The van der Waals surface area contributed by atoms with Gasteiger partial charge in [-0.1, -0.05) is 30.7 Å². The van der Waals surface area contributed by atoms with Crippen LogP contribution in [0.1, 0.15) is 49.0 Å². The van der Waals surface area contributed by atoms with E-state index in [0.29, 0.717) is 43.0 Å². The van der Waals surface area contributed by atoms with Crippen LogP contribution in [0, 0.1) is 5.82 Å². The molecule has 8 heteroatoms. The molecule has 0 aliphatic heterocycles. The van der Waals surface area contributed by atoms with Gasteiger partial charge in [0.25, 0.3) is 0 Å². The molecule has 0 bridgehead atoms. The van der Waals surface area contributed by atoms with Crippen LogP contribution in [0.15, 0.2) is 36.4 Å². The maximum atomic E-state index is 14.2. The lowest BCUT2D eigenvalue weighted by Gasteiger charge is -2.26. The molecule has 4 rings (SSSR count). The summed E-state index contributed by atoms with van der Waals surface area (Å²) in [5, 5.41) is 23.2. The fourth-order valence-corrected chi connectivity index (χ4v) is 5.14. The molecule has 1 aromatic heterocycles. The van der Waals surface area contributed by atoms with Gasteiger partial charge in [-0.2, -0.15) is 0 Å². The van der Waals surface area contributed by atoms with Gasteiger partial charge in [0.05, 0.1) is 10.5 Å². The van der Waals surface area contributed by atoms with Gasteiger partial charge in [-0.05, 0) is 67.5 Å². The Morgan fingerprint density at radius 3 is 2.79 bits per heavy atom. The standard InChI is InChI=1S/C25H26ClFN2O4/c1-2-21(25(32)33)29-22-8-7-16(13-18(22)19-11-15(27)12-20(26)24(19)29)28-23(31)9-6-14-4-3-5-17(30)10-14/h3-5,10-12,16,21,30H,2,6-9,13H2,1H3,(H,28,31)(H,32,33)/t16-,21?/m0/s1. The van der Waals surface area contributed by atoms with Crippen molar-refractivity contribution in [1.29, 1.82) is 0 Å². The van der Waals surface area contributed by atoms with Gasteiger partial charge in [-0.3, -0.25) is 4.79 Å². The van der Waals surface area contributed by atoms with E-state index in [2.05, 4.69) is 5.32 Å². The average molecular weight is 473 g/mol. The highest BCUT2D eigenvalue weighted by Crippen LogP contribution is 2.39. The molecule has 3 aromatic rings. The van der Waals surface area contributed by atoms with Gasteiger partial charge in [0.2, 0.25) is 5.91 Å². The number of halogens is 2. The number of phenols is 1. The molecule has 1 amide bonds. The van der Waals surface area contributed by atoms with Crippen molar-refractivity contribution in [3.8, 4) is 5.75 Å². The van der Waals surface area contributed by atoms with Crippen LogP contribution in [-0.2, 0) is 28.9 Å². The molecular weight excluding hydrogens is 447 g/mol. The van der Waals surface area contributed by atoms with Crippen LogP contribution < -0.4 is 5.32 Å². The minimum absolute atomic E-state index is 0.100. The number of aromatic nitrogens is 1. The molecule has 33 heavy (non-hydrogen) atoms. The Balaban J connectivity index is 1.58. The molecular formula is C25H26ClFN2O4. The molecule has 1 aliphatic carbocycles. The van der Waals surface area contributed by atoms with E-state index in [1.165, 1.54) is 12.1 Å². The summed E-state index contributed by atoms with van der Waals surface area (Å²) in [5.41, 5.74) is 3.10. The van der Waals surface area contributed by atoms with Crippen molar-refractivity contribution >= 4 is 34.4 Å². The lowest BCUT2D eigenvalue weighted by Crippen LogP contribution is -2.39. The van der Waals surface area contributed by atoms with Crippen molar-refractivity contribution in [1.82, 2.24) is 9.88 Å². The van der Waals surface area contributed by atoms with Crippen molar-refractivity contribution in [2.24, 2.45) is 0 Å². The number of nitrogens with zero attached hydrogens (tertiary/aromatic N) is 1. The van der Waals surface area contributed by atoms with Crippen LogP contribution in [0.5, 0.6) is 5.75 Å². The molecule has 2 atom stereocenters. The lowest BCUT2D eigenvalue weighted by molar-refractivity contribution is -0.141. The van der Waals surface area contributed by atoms with Crippen molar-refractivity contribution in [3.05, 3.63) is 64.1 Å². The first kappa shape index (κ1) is 23.1. The van der Waals surface area contributed by atoms with E-state index >= 15 is 0 Å². The third-order valence-corrected chi connectivity index (χ3v) is 6.60. The molecule has 0 saturated heterocycles. The van der Waals surface area contributed by atoms with E-state index in [1.807, 2.05) is 6.07 Å². The molecule has 1 heterocycles. The monoisotopic (exact) mass is 472 g/mol. The quantitative estimate of drug-likeness (QED) is 0.461. The van der Waals surface area contributed by atoms with E-state index in [9.17, 15) is 24.2 Å². The molecule has 0 spiro atoms. The average Bonchev–Trinajstić information content (AvgIpc) is 3.06. The number of carboxylic acids is 1. The molecule has 6 nitrogen and oxygen atoms in total. The molecule has 3 N–H and O–H groups in total. The smallest absolute Gasteiger partial charge is 0.326 e. The molecule has 1 unspecified atom stereocenters. The largest absolute Gasteiger partial charge is 0.508 e. The van der Waals surface area contributed by atoms with Crippen LogP contribution in [0.4, 0.5) is 4.39 Å². The normalized spacial score (nSPS) is 16.4. The predicted molar refractivity (Wildman–Crippen MR) is 124 cm³/mol. The van der Waals surface area contributed by atoms with Crippen molar-refractivity contribution < 1.29 is 24.2 Å². The maximum absolute atomic E-state index is 14.2. The summed E-state index contributed by atoms with van der Waals surface area (Å²) in [4.78, 5) is 24.5. The highest BCUT2D eigenvalue weighted by atomic mass is 35.5. The number of rotatable bonds is 7. The summed E-state index contributed by atoms with van der Waals surface area (Å²) in [6, 6.07) is 8.50. The Morgan fingerprint density at radius 1 is 1.30 bits per heavy atom. The van der Waals surface area contributed by atoms with E-state index in [-0.39, 0.29) is 29.1 Å². The summed E-state index contributed by atoms with van der Waals surface area (Å²) >= 11 is 6.38. The van der Waals surface area contributed by atoms with Gasteiger partial charge in [-0.25, -0.2) is 9.18 Å². The van der Waals surface area contributed by atoms with Crippen molar-refractivity contribution in [2.45, 2.75) is 57.5 Å². The summed E-state index contributed by atoms with van der Waals surface area (Å²) in [5.74, 6) is -1.37. The third kappa shape index (κ3) is 4.69. The Labute approximate surface area is 196 Å². The summed E-state index contributed by atoms with van der Waals surface area (Å²) in [7, 11) is 0. The van der Waals surface area contributed by atoms with Crippen LogP contribution in [0.25, 0.3) is 10.9 Å². The number of amides is 1. The fraction of sp³-hybridized carbons (Fsp3) is 0.360. The maximum Gasteiger partial charge on any atom is 0.326 e. The highest BCUT2D eigenvalue weighted by molar-refractivity contribution is 6.35. The molecule has 174 valence electrons. The Bertz CT molecular complexity index is 1220. The van der Waals surface area contributed by atoms with Gasteiger partial charge in [0.15, 0.2) is 0 Å². The lowest BCUT2D eigenvalue weighted by atomic mass is 9.91. The van der Waals surface area contributed by atoms with Crippen LogP contribution in [-0.4, -0.2) is 32.7 Å². The Kier molecular flexibility index (Phi) is 6.61. The second-order valence-electron chi connectivity index (χ2n) is 8.52. The predicted octanol–water partition coefficient (Wildman–Crippen LogP) is 4.78. The Hall–Kier alpha value is -3.06. The molecule has 0 saturated carbocycles. The number of aromatic hydroxyl groups is 1. The number of hydrogen-bond acceptors (Lipinski definition) is 3. The van der Waals surface area contributed by atoms with Crippen LogP contribution in [0.3, 0.4) is 0 Å². The summed E-state index contributed by atoms with van der Waals surface area (Å²) in [6.07, 6.45) is 2.85. The van der Waals surface area contributed by atoms with E-state index < -0.39 is 17.8 Å². The Morgan fingerprint density at radius 2 is 2.09 bits per heavy atom. The molecule has 0 fully saturated rings. The first-order chi connectivity index (χ1) is 15.8. The van der Waals surface area contributed by atoms with Crippen LogP contribution in [0.2, 0.25) is 5.02 Å². The van der Waals surface area contributed by atoms with Crippen molar-refractivity contribution in [2.75, 3.05) is 0 Å². The zero-order chi connectivity index (χ0) is 23.7. The van der Waals surface area contributed by atoms with Gasteiger partial charge >= 0.3 is 5.97 Å². The number of aryl methyl sites for hydroxylation is 1. The number of phenolic OH excluding ortho intramolecular Hbond substituents is 1. The first-order valence-electron chi connectivity index (χ1n) is 11.1. The minimum Gasteiger partial charge on any atom is -0.508 e. The van der Waals surface area contributed by atoms with E-state index in [1.54, 1.807) is 29.7 Å². The number of carbonyl (C=O) groups is 2. The van der Waals surface area contributed by atoms with Crippen LogP contribution >= 0.6 is 11.6 Å². The molecule has 2 aromatic carbocycles. The second kappa shape index (κ2) is 9.43. The second-order valence-corrected chi connectivity index (χ2v) is 8.93. The third-order valence-electron chi connectivity index (χ3n) is 6.31. The van der Waals surface area contributed by atoms with E-state index in [0.717, 1.165) is 16.8 Å². The number of fused-ring (bicyclic) bond motifs is 3. The highest BCUT2D eigenvalue weighted by Gasteiger charge is 2.32. The minimum atomic E-state index is -0.958. The number of aliphatic carboxylic acids is 1. The number of carbonyl (C=O) groups excluding carboxylic acids is 1. The topological polar surface area (TPSA) is 91.6 Å². The first-order valence-corrected chi connectivity index (χ1v) is 11.5. The molecule has 1 aliphatic rings. The summed E-state index contributed by atoms with van der Waals surface area (Å²) in [6.45, 7) is 1.80. The van der Waals surface area contributed by atoms with Gasteiger partial charge in [-0.15, -0.1) is 0 Å².